The molecule has 1 aromatic heterocycles. The Hall–Kier alpha value is -1.81. The Morgan fingerprint density at radius 1 is 1.26 bits per heavy atom. The maximum absolute atomic E-state index is 11.9. The lowest BCUT2D eigenvalue weighted by atomic mass is 10.1. The number of ether oxygens (including phenoxy) is 2. The van der Waals surface area contributed by atoms with Crippen molar-refractivity contribution in [1.29, 1.82) is 0 Å². The Kier molecular flexibility index (Phi) is 2.38. The molecular formula is C15H14O4. The van der Waals surface area contributed by atoms with E-state index in [1.807, 2.05) is 12.1 Å². The van der Waals surface area contributed by atoms with Crippen LogP contribution in [0, 0.1) is 0 Å². The molecule has 1 saturated heterocycles. The SMILES string of the molecule is O=c1oc2cc(OC[C@H]3CO3)ccc2c2c1CCC2. The van der Waals surface area contributed by atoms with E-state index in [4.69, 9.17) is 13.9 Å². The Balaban J connectivity index is 1.76. The normalized spacial score (nSPS) is 20.5. The number of fused-ring (bicyclic) bond motifs is 3. The molecule has 98 valence electrons. The van der Waals surface area contributed by atoms with Crippen molar-refractivity contribution >= 4 is 11.0 Å². The molecule has 0 radical (unpaired) electrons. The van der Waals surface area contributed by atoms with Crippen molar-refractivity contribution in [2.75, 3.05) is 13.2 Å². The molecule has 1 aliphatic heterocycles. The number of hydrogen-bond acceptors (Lipinski definition) is 4. The summed E-state index contributed by atoms with van der Waals surface area (Å²) in [5.74, 6) is 0.726. The van der Waals surface area contributed by atoms with Gasteiger partial charge >= 0.3 is 5.63 Å². The molecule has 19 heavy (non-hydrogen) atoms. The van der Waals surface area contributed by atoms with Gasteiger partial charge in [0.2, 0.25) is 0 Å². The van der Waals surface area contributed by atoms with Gasteiger partial charge in [0.1, 0.15) is 24.0 Å². The van der Waals surface area contributed by atoms with Gasteiger partial charge < -0.3 is 13.9 Å². The summed E-state index contributed by atoms with van der Waals surface area (Å²) in [5.41, 5.74) is 2.44. The summed E-state index contributed by atoms with van der Waals surface area (Å²) < 4.78 is 16.1. The quantitative estimate of drug-likeness (QED) is 0.624. The maximum atomic E-state index is 11.9. The molecule has 0 amide bonds. The number of hydrogen-bond donors (Lipinski definition) is 0. The van der Waals surface area contributed by atoms with Crippen LogP contribution in [-0.4, -0.2) is 19.3 Å². The molecule has 4 heteroatoms. The third-order valence-corrected chi connectivity index (χ3v) is 3.78. The van der Waals surface area contributed by atoms with Crippen LogP contribution in [-0.2, 0) is 17.6 Å². The van der Waals surface area contributed by atoms with E-state index in [9.17, 15) is 4.79 Å². The van der Waals surface area contributed by atoms with Crippen LogP contribution in [0.1, 0.15) is 17.5 Å². The van der Waals surface area contributed by atoms with E-state index in [-0.39, 0.29) is 11.7 Å². The van der Waals surface area contributed by atoms with Gasteiger partial charge in [0.05, 0.1) is 6.61 Å². The molecule has 1 atom stereocenters. The highest BCUT2D eigenvalue weighted by Crippen LogP contribution is 2.29. The highest BCUT2D eigenvalue weighted by Gasteiger charge is 2.23. The van der Waals surface area contributed by atoms with Gasteiger partial charge in [-0.2, -0.15) is 0 Å². The van der Waals surface area contributed by atoms with Gasteiger partial charge in [-0.3, -0.25) is 0 Å². The lowest BCUT2D eigenvalue weighted by Crippen LogP contribution is -2.07. The third-order valence-electron chi connectivity index (χ3n) is 3.78. The van der Waals surface area contributed by atoms with Crippen LogP contribution in [0.25, 0.3) is 11.0 Å². The topological polar surface area (TPSA) is 52.0 Å². The average Bonchev–Trinajstić information content (AvgIpc) is 3.10. The first-order valence-electron chi connectivity index (χ1n) is 6.64. The summed E-state index contributed by atoms with van der Waals surface area (Å²) in [6, 6.07) is 5.73. The molecule has 2 aliphatic rings. The van der Waals surface area contributed by atoms with Crippen LogP contribution >= 0.6 is 0 Å². The zero-order valence-electron chi connectivity index (χ0n) is 10.5. The zero-order valence-corrected chi connectivity index (χ0v) is 10.5. The first-order chi connectivity index (χ1) is 9.31. The zero-order chi connectivity index (χ0) is 12.8. The lowest BCUT2D eigenvalue weighted by Gasteiger charge is -2.07. The summed E-state index contributed by atoms with van der Waals surface area (Å²) in [6.07, 6.45) is 3.07. The Labute approximate surface area is 109 Å². The van der Waals surface area contributed by atoms with Gasteiger partial charge in [0.15, 0.2) is 0 Å². The number of aryl methyl sites for hydroxylation is 1. The lowest BCUT2D eigenvalue weighted by molar-refractivity contribution is 0.263. The van der Waals surface area contributed by atoms with Crippen LogP contribution in [0.15, 0.2) is 27.4 Å². The van der Waals surface area contributed by atoms with E-state index in [0.29, 0.717) is 12.2 Å². The van der Waals surface area contributed by atoms with Gasteiger partial charge in [-0.15, -0.1) is 0 Å². The number of rotatable bonds is 3. The van der Waals surface area contributed by atoms with Crippen molar-refractivity contribution in [1.82, 2.24) is 0 Å². The summed E-state index contributed by atoms with van der Waals surface area (Å²) in [7, 11) is 0. The first-order valence-corrected chi connectivity index (χ1v) is 6.64. The van der Waals surface area contributed by atoms with Crippen LogP contribution in [0.3, 0.4) is 0 Å². The Morgan fingerprint density at radius 2 is 2.11 bits per heavy atom. The molecule has 1 aromatic carbocycles. The fourth-order valence-electron chi connectivity index (χ4n) is 2.71. The maximum Gasteiger partial charge on any atom is 0.339 e. The van der Waals surface area contributed by atoms with Gasteiger partial charge in [0, 0.05) is 17.0 Å². The predicted octanol–water partition coefficient (Wildman–Crippen LogP) is 2.06. The third kappa shape index (κ3) is 1.92. The Morgan fingerprint density at radius 3 is 2.95 bits per heavy atom. The van der Waals surface area contributed by atoms with E-state index in [2.05, 4.69) is 0 Å². The second-order valence-corrected chi connectivity index (χ2v) is 5.12. The van der Waals surface area contributed by atoms with Crippen LogP contribution in [0.5, 0.6) is 5.75 Å². The average molecular weight is 258 g/mol. The molecule has 0 N–H and O–H groups in total. The highest BCUT2D eigenvalue weighted by molar-refractivity contribution is 5.83. The molecule has 0 spiro atoms. The summed E-state index contributed by atoms with van der Waals surface area (Å²) in [5, 5.41) is 1.04. The van der Waals surface area contributed by atoms with Gasteiger partial charge in [-0.1, -0.05) is 0 Å². The molecule has 0 saturated carbocycles. The molecule has 1 fully saturated rings. The minimum Gasteiger partial charge on any atom is -0.491 e. The molecule has 1 aliphatic carbocycles. The first kappa shape index (κ1) is 11.1. The highest BCUT2D eigenvalue weighted by atomic mass is 16.6. The number of benzene rings is 1. The van der Waals surface area contributed by atoms with Crippen molar-refractivity contribution in [3.05, 3.63) is 39.7 Å². The van der Waals surface area contributed by atoms with E-state index in [0.717, 1.165) is 48.1 Å². The van der Waals surface area contributed by atoms with Gasteiger partial charge in [-0.05, 0) is 37.0 Å². The molecule has 0 bridgehead atoms. The second kappa shape index (κ2) is 4.10. The minimum atomic E-state index is -0.192. The fraction of sp³-hybridized carbons (Fsp3) is 0.400. The fourth-order valence-corrected chi connectivity index (χ4v) is 2.71. The molecule has 2 aromatic rings. The molecular weight excluding hydrogens is 244 g/mol. The predicted molar refractivity (Wildman–Crippen MR) is 69.7 cm³/mol. The van der Waals surface area contributed by atoms with Crippen molar-refractivity contribution < 1.29 is 13.9 Å². The smallest absolute Gasteiger partial charge is 0.339 e. The largest absolute Gasteiger partial charge is 0.491 e. The standard InChI is InChI=1S/C15H14O4/c16-15-13-3-1-2-11(13)12-5-4-9(6-14(12)19-15)17-7-10-8-18-10/h4-6,10H,1-3,7-8H2/t10-/m0/s1. The van der Waals surface area contributed by atoms with Crippen LogP contribution in [0.4, 0.5) is 0 Å². The van der Waals surface area contributed by atoms with Crippen molar-refractivity contribution in [3.8, 4) is 5.75 Å². The summed E-state index contributed by atoms with van der Waals surface area (Å²) in [4.78, 5) is 11.9. The summed E-state index contributed by atoms with van der Waals surface area (Å²) >= 11 is 0. The van der Waals surface area contributed by atoms with E-state index in [1.54, 1.807) is 6.07 Å². The van der Waals surface area contributed by atoms with Gasteiger partial charge in [-0.25, -0.2) is 4.79 Å². The molecule has 4 nitrogen and oxygen atoms in total. The van der Waals surface area contributed by atoms with Gasteiger partial charge in [0.25, 0.3) is 0 Å². The van der Waals surface area contributed by atoms with E-state index >= 15 is 0 Å². The molecule has 4 rings (SSSR count). The summed E-state index contributed by atoms with van der Waals surface area (Å²) in [6.45, 7) is 1.33. The van der Waals surface area contributed by atoms with E-state index in [1.165, 1.54) is 0 Å². The second-order valence-electron chi connectivity index (χ2n) is 5.12. The van der Waals surface area contributed by atoms with Crippen molar-refractivity contribution in [2.24, 2.45) is 0 Å². The number of epoxide rings is 1. The molecule has 2 heterocycles. The Bertz CT molecular complexity index is 697. The van der Waals surface area contributed by atoms with Crippen LogP contribution in [0.2, 0.25) is 0 Å². The monoisotopic (exact) mass is 258 g/mol. The van der Waals surface area contributed by atoms with Crippen LogP contribution < -0.4 is 10.4 Å². The van der Waals surface area contributed by atoms with Crippen molar-refractivity contribution in [2.45, 2.75) is 25.4 Å². The molecule has 0 unspecified atom stereocenters. The minimum absolute atomic E-state index is 0.192. The van der Waals surface area contributed by atoms with Crippen molar-refractivity contribution in [3.63, 3.8) is 0 Å². The van der Waals surface area contributed by atoms with E-state index < -0.39 is 0 Å².